The normalized spacial score (nSPS) is 14.8. The number of hydrogen-bond acceptors (Lipinski definition) is 0. The van der Waals surface area contributed by atoms with Gasteiger partial charge in [0.1, 0.15) is 0 Å². The minimum Gasteiger partial charge on any atom is -0.0622 e. The lowest BCUT2D eigenvalue weighted by atomic mass is 9.63. The fourth-order valence-corrected chi connectivity index (χ4v) is 2.78. The quantitative estimate of drug-likeness (QED) is 0.581. The van der Waals surface area contributed by atoms with Gasteiger partial charge < -0.3 is 0 Å². The first-order valence-electron chi connectivity index (χ1n) is 7.29. The van der Waals surface area contributed by atoms with Gasteiger partial charge in [-0.05, 0) is 46.8 Å². The van der Waals surface area contributed by atoms with Crippen LogP contribution in [0.4, 0.5) is 0 Å². The van der Waals surface area contributed by atoms with E-state index in [0.717, 1.165) is 4.47 Å². The summed E-state index contributed by atoms with van der Waals surface area (Å²) in [4.78, 5) is 0. The Morgan fingerprint density at radius 2 is 1.42 bits per heavy atom. The highest BCUT2D eigenvalue weighted by molar-refractivity contribution is 9.10. The zero-order valence-electron chi connectivity index (χ0n) is 13.5. The molecule has 1 atom stereocenters. The topological polar surface area (TPSA) is 0 Å². The lowest BCUT2D eigenvalue weighted by Crippen LogP contribution is -2.31. The summed E-state index contributed by atoms with van der Waals surface area (Å²) in [5, 5.41) is 0. The van der Waals surface area contributed by atoms with Crippen LogP contribution in [0.15, 0.2) is 28.7 Å². The Labute approximate surface area is 128 Å². The van der Waals surface area contributed by atoms with Gasteiger partial charge in [-0.25, -0.2) is 0 Å². The SMILES string of the molecule is CC(C)C(C)(C)C(CC(C)(C)C)c1ccc(Br)cc1. The average molecular weight is 325 g/mol. The predicted molar refractivity (Wildman–Crippen MR) is 89.6 cm³/mol. The van der Waals surface area contributed by atoms with E-state index in [1.54, 1.807) is 0 Å². The van der Waals surface area contributed by atoms with Gasteiger partial charge in [-0.15, -0.1) is 0 Å². The largest absolute Gasteiger partial charge is 0.0622 e. The summed E-state index contributed by atoms with van der Waals surface area (Å²) in [6, 6.07) is 8.90. The predicted octanol–water partition coefficient (Wildman–Crippen LogP) is 6.65. The first-order valence-corrected chi connectivity index (χ1v) is 8.09. The van der Waals surface area contributed by atoms with Crippen molar-refractivity contribution in [3.8, 4) is 0 Å². The third-order valence-electron chi connectivity index (χ3n) is 4.48. The maximum atomic E-state index is 3.54. The van der Waals surface area contributed by atoms with Crippen LogP contribution in [0.2, 0.25) is 0 Å². The van der Waals surface area contributed by atoms with Crippen molar-refractivity contribution in [1.82, 2.24) is 0 Å². The summed E-state index contributed by atoms with van der Waals surface area (Å²) in [6.07, 6.45) is 1.22. The van der Waals surface area contributed by atoms with Crippen molar-refractivity contribution >= 4 is 15.9 Å². The molecular formula is C18H29Br. The molecule has 108 valence electrons. The van der Waals surface area contributed by atoms with E-state index in [9.17, 15) is 0 Å². The zero-order chi connectivity index (χ0) is 14.8. The van der Waals surface area contributed by atoms with E-state index in [-0.39, 0.29) is 0 Å². The van der Waals surface area contributed by atoms with Gasteiger partial charge in [0, 0.05) is 4.47 Å². The fraction of sp³-hybridized carbons (Fsp3) is 0.667. The summed E-state index contributed by atoms with van der Waals surface area (Å²) in [5.74, 6) is 1.27. The Morgan fingerprint density at radius 3 is 1.79 bits per heavy atom. The highest BCUT2D eigenvalue weighted by Crippen LogP contribution is 2.47. The van der Waals surface area contributed by atoms with Crippen molar-refractivity contribution in [3.63, 3.8) is 0 Å². The molecule has 0 saturated heterocycles. The number of hydrogen-bond donors (Lipinski definition) is 0. The molecule has 0 spiro atoms. The van der Waals surface area contributed by atoms with Crippen molar-refractivity contribution in [2.75, 3.05) is 0 Å². The van der Waals surface area contributed by atoms with Crippen LogP contribution in [-0.4, -0.2) is 0 Å². The van der Waals surface area contributed by atoms with Gasteiger partial charge in [-0.1, -0.05) is 76.5 Å². The van der Waals surface area contributed by atoms with Gasteiger partial charge >= 0.3 is 0 Å². The van der Waals surface area contributed by atoms with Gasteiger partial charge in [0.2, 0.25) is 0 Å². The van der Waals surface area contributed by atoms with Gasteiger partial charge in [0.25, 0.3) is 0 Å². The lowest BCUT2D eigenvalue weighted by molar-refractivity contribution is 0.150. The zero-order valence-corrected chi connectivity index (χ0v) is 15.1. The van der Waals surface area contributed by atoms with Crippen LogP contribution in [-0.2, 0) is 0 Å². The van der Waals surface area contributed by atoms with Gasteiger partial charge in [-0.3, -0.25) is 0 Å². The maximum Gasteiger partial charge on any atom is 0.0175 e. The molecule has 1 rings (SSSR count). The second-order valence-corrected chi connectivity index (χ2v) is 8.76. The molecule has 0 aliphatic carbocycles. The molecule has 0 fully saturated rings. The maximum absolute atomic E-state index is 3.54. The monoisotopic (exact) mass is 324 g/mol. The number of halogens is 1. The molecule has 0 heterocycles. The smallest absolute Gasteiger partial charge is 0.0175 e. The Morgan fingerprint density at radius 1 is 0.947 bits per heavy atom. The molecule has 0 aliphatic rings. The van der Waals surface area contributed by atoms with Crippen LogP contribution in [0.1, 0.15) is 66.4 Å². The van der Waals surface area contributed by atoms with Crippen molar-refractivity contribution in [1.29, 1.82) is 0 Å². The van der Waals surface area contributed by atoms with Gasteiger partial charge in [0.05, 0.1) is 0 Å². The molecule has 0 radical (unpaired) electrons. The Kier molecular flexibility index (Phi) is 5.28. The molecule has 1 heteroatoms. The third-order valence-corrected chi connectivity index (χ3v) is 5.00. The summed E-state index contributed by atoms with van der Waals surface area (Å²) in [7, 11) is 0. The Balaban J connectivity index is 3.16. The molecule has 0 amide bonds. The van der Waals surface area contributed by atoms with Crippen molar-refractivity contribution < 1.29 is 0 Å². The summed E-state index contributed by atoms with van der Waals surface area (Å²) in [6.45, 7) is 16.5. The standard InChI is InChI=1S/C18H29Br/c1-13(2)18(6,7)16(12-17(3,4)5)14-8-10-15(19)11-9-14/h8-11,13,16H,12H2,1-7H3. The van der Waals surface area contributed by atoms with Gasteiger partial charge in [-0.2, -0.15) is 0 Å². The second-order valence-electron chi connectivity index (χ2n) is 7.84. The van der Waals surface area contributed by atoms with E-state index < -0.39 is 0 Å². The van der Waals surface area contributed by atoms with Crippen LogP contribution in [0.5, 0.6) is 0 Å². The summed E-state index contributed by atoms with van der Waals surface area (Å²) in [5.41, 5.74) is 2.13. The number of rotatable bonds is 4. The number of benzene rings is 1. The van der Waals surface area contributed by atoms with Crippen LogP contribution in [0.25, 0.3) is 0 Å². The summed E-state index contributed by atoms with van der Waals surface area (Å²) < 4.78 is 1.16. The van der Waals surface area contributed by atoms with Crippen LogP contribution < -0.4 is 0 Å². The van der Waals surface area contributed by atoms with Crippen LogP contribution in [0.3, 0.4) is 0 Å². The summed E-state index contributed by atoms with van der Waals surface area (Å²) >= 11 is 3.54. The van der Waals surface area contributed by atoms with E-state index in [1.165, 1.54) is 12.0 Å². The minimum absolute atomic E-state index is 0.307. The van der Waals surface area contributed by atoms with E-state index in [4.69, 9.17) is 0 Å². The van der Waals surface area contributed by atoms with Gasteiger partial charge in [0.15, 0.2) is 0 Å². The highest BCUT2D eigenvalue weighted by Gasteiger charge is 2.36. The van der Waals surface area contributed by atoms with Crippen molar-refractivity contribution in [2.24, 2.45) is 16.7 Å². The molecule has 0 nitrogen and oxygen atoms in total. The van der Waals surface area contributed by atoms with E-state index in [0.29, 0.717) is 22.7 Å². The average Bonchev–Trinajstić information content (AvgIpc) is 2.25. The molecule has 0 aliphatic heterocycles. The van der Waals surface area contributed by atoms with Crippen LogP contribution >= 0.6 is 15.9 Å². The Hall–Kier alpha value is -0.300. The molecule has 0 bridgehead atoms. The van der Waals surface area contributed by atoms with E-state index >= 15 is 0 Å². The molecule has 0 saturated carbocycles. The van der Waals surface area contributed by atoms with E-state index in [2.05, 4.69) is 88.7 Å². The lowest BCUT2D eigenvalue weighted by Gasteiger charge is -2.41. The molecule has 1 aromatic rings. The first kappa shape index (κ1) is 16.8. The molecule has 1 aromatic carbocycles. The molecular weight excluding hydrogens is 296 g/mol. The highest BCUT2D eigenvalue weighted by atomic mass is 79.9. The molecule has 19 heavy (non-hydrogen) atoms. The van der Waals surface area contributed by atoms with Crippen molar-refractivity contribution in [2.45, 2.75) is 60.8 Å². The van der Waals surface area contributed by atoms with Crippen molar-refractivity contribution in [3.05, 3.63) is 34.3 Å². The molecule has 0 N–H and O–H groups in total. The minimum atomic E-state index is 0.307. The molecule has 1 unspecified atom stereocenters. The first-order chi connectivity index (χ1) is 8.54. The Bertz CT molecular complexity index is 393. The van der Waals surface area contributed by atoms with E-state index in [1.807, 2.05) is 0 Å². The van der Waals surface area contributed by atoms with Crippen LogP contribution in [0, 0.1) is 16.7 Å². The molecule has 0 aromatic heterocycles. The second kappa shape index (κ2) is 5.99. The third kappa shape index (κ3) is 4.63. The fourth-order valence-electron chi connectivity index (χ4n) is 2.52.